The number of rotatable bonds is 4. The smallest absolute Gasteiger partial charge is 0.486 e. The summed E-state index contributed by atoms with van der Waals surface area (Å²) in [5.41, 5.74) is 1.62. The Morgan fingerprint density at radius 2 is 1.85 bits per heavy atom. The summed E-state index contributed by atoms with van der Waals surface area (Å²) in [5.74, 6) is 0.182. The van der Waals surface area contributed by atoms with Gasteiger partial charge in [-0.25, -0.2) is 9.18 Å². The first-order chi connectivity index (χ1) is 12.8. The summed E-state index contributed by atoms with van der Waals surface area (Å²) >= 11 is 0. The maximum Gasteiger partial charge on any atom is 0.576 e. The second kappa shape index (κ2) is 7.46. The Labute approximate surface area is 153 Å². The van der Waals surface area contributed by atoms with Crippen LogP contribution in [-0.2, 0) is 4.74 Å². The first-order valence-electron chi connectivity index (χ1n) is 8.36. The predicted molar refractivity (Wildman–Crippen MR) is 89.6 cm³/mol. The second-order valence-corrected chi connectivity index (χ2v) is 6.13. The van der Waals surface area contributed by atoms with Gasteiger partial charge >= 0.3 is 12.5 Å². The van der Waals surface area contributed by atoms with Crippen molar-refractivity contribution in [3.63, 3.8) is 0 Å². The van der Waals surface area contributed by atoms with Crippen molar-refractivity contribution in [1.29, 1.82) is 0 Å². The Morgan fingerprint density at radius 1 is 1.15 bits per heavy atom. The van der Waals surface area contributed by atoms with Crippen LogP contribution >= 0.6 is 0 Å². The minimum Gasteiger partial charge on any atom is -0.486 e. The third-order valence-electron chi connectivity index (χ3n) is 4.36. The number of benzene rings is 2. The van der Waals surface area contributed by atoms with Gasteiger partial charge < -0.3 is 9.47 Å². The quantitative estimate of drug-likeness (QED) is 0.698. The van der Waals surface area contributed by atoms with Crippen molar-refractivity contribution in [2.45, 2.75) is 31.9 Å². The number of amides is 1. The Kier molecular flexibility index (Phi) is 5.25. The van der Waals surface area contributed by atoms with Crippen LogP contribution in [0.1, 0.15) is 13.3 Å². The molecule has 2 aromatic carbocycles. The summed E-state index contributed by atoms with van der Waals surface area (Å²) in [4.78, 5) is 12.6. The minimum absolute atomic E-state index is 0.00813. The van der Waals surface area contributed by atoms with Crippen molar-refractivity contribution in [1.82, 2.24) is 4.90 Å². The second-order valence-electron chi connectivity index (χ2n) is 6.13. The number of ether oxygens (including phenoxy) is 2. The van der Waals surface area contributed by atoms with Crippen LogP contribution in [0.3, 0.4) is 0 Å². The Hall–Kier alpha value is -2.77. The van der Waals surface area contributed by atoms with Gasteiger partial charge in [0.15, 0.2) is 0 Å². The van der Waals surface area contributed by atoms with Crippen molar-refractivity contribution in [3.05, 3.63) is 54.3 Å². The molecule has 4 nitrogen and oxygen atoms in total. The molecule has 0 spiro atoms. The zero-order valence-electron chi connectivity index (χ0n) is 14.4. The monoisotopic (exact) mass is 383 g/mol. The number of halogens is 4. The normalized spacial score (nSPS) is 19.4. The molecule has 1 aliphatic heterocycles. The lowest BCUT2D eigenvalue weighted by atomic mass is 9.97. The number of carbonyl (C=O) groups excluding carboxylic acids is 1. The van der Waals surface area contributed by atoms with E-state index in [1.807, 2.05) is 6.07 Å². The lowest BCUT2D eigenvalue weighted by Crippen LogP contribution is -2.64. The van der Waals surface area contributed by atoms with Crippen LogP contribution in [0, 0.1) is 5.82 Å². The molecule has 0 aromatic heterocycles. The largest absolute Gasteiger partial charge is 0.576 e. The molecule has 27 heavy (non-hydrogen) atoms. The topological polar surface area (TPSA) is 38.8 Å². The van der Waals surface area contributed by atoms with Gasteiger partial charge in [-0.15, -0.1) is 13.2 Å². The number of alkyl halides is 3. The molecule has 1 fully saturated rings. The van der Waals surface area contributed by atoms with E-state index in [1.54, 1.807) is 37.3 Å². The van der Waals surface area contributed by atoms with Crippen LogP contribution in [0.5, 0.6) is 5.75 Å². The number of likely N-dealkylation sites (tertiary alicyclic amines) is 1. The molecule has 1 heterocycles. The molecule has 3 rings (SSSR count). The van der Waals surface area contributed by atoms with E-state index >= 15 is 0 Å². The Bertz CT molecular complexity index is 807. The molecule has 8 heteroatoms. The maximum atomic E-state index is 13.1. The van der Waals surface area contributed by atoms with Crippen molar-refractivity contribution in [3.8, 4) is 16.9 Å². The zero-order chi connectivity index (χ0) is 19.6. The fourth-order valence-electron chi connectivity index (χ4n) is 3.05. The number of hydrogen-bond acceptors (Lipinski definition) is 3. The third-order valence-corrected chi connectivity index (χ3v) is 4.36. The molecule has 1 saturated heterocycles. The van der Waals surface area contributed by atoms with Gasteiger partial charge in [0.05, 0.1) is 12.6 Å². The van der Waals surface area contributed by atoms with Gasteiger partial charge in [0, 0.05) is 0 Å². The fraction of sp³-hybridized carbons (Fsp3) is 0.316. The minimum atomic E-state index is -5.01. The highest BCUT2D eigenvalue weighted by molar-refractivity contribution is 5.70. The van der Waals surface area contributed by atoms with Crippen molar-refractivity contribution in [2.24, 2.45) is 0 Å². The van der Waals surface area contributed by atoms with E-state index in [0.717, 1.165) is 16.0 Å². The number of nitrogens with zero attached hydrogens (tertiary/aromatic N) is 1. The van der Waals surface area contributed by atoms with Gasteiger partial charge in [0.2, 0.25) is 0 Å². The van der Waals surface area contributed by atoms with Gasteiger partial charge in [-0.2, -0.15) is 0 Å². The van der Waals surface area contributed by atoms with Crippen LogP contribution in [-0.4, -0.2) is 36.0 Å². The summed E-state index contributed by atoms with van der Waals surface area (Å²) in [7, 11) is 0. The van der Waals surface area contributed by atoms with Gasteiger partial charge in [-0.05, 0) is 41.8 Å². The Balaban J connectivity index is 1.67. The van der Waals surface area contributed by atoms with Crippen molar-refractivity contribution in [2.75, 3.05) is 6.54 Å². The molecule has 0 saturated carbocycles. The van der Waals surface area contributed by atoms with Crippen molar-refractivity contribution < 1.29 is 31.8 Å². The zero-order valence-corrected chi connectivity index (χ0v) is 14.4. The van der Waals surface area contributed by atoms with Gasteiger partial charge in [-0.3, -0.25) is 4.90 Å². The molecule has 0 radical (unpaired) electrons. The summed E-state index contributed by atoms with van der Waals surface area (Å²) in [6, 6.07) is 12.6. The van der Waals surface area contributed by atoms with Crippen LogP contribution in [0.4, 0.5) is 22.4 Å². The van der Waals surface area contributed by atoms with E-state index < -0.39 is 24.6 Å². The van der Waals surface area contributed by atoms with E-state index in [9.17, 15) is 22.4 Å². The fourth-order valence-corrected chi connectivity index (χ4v) is 3.05. The van der Waals surface area contributed by atoms with Gasteiger partial charge in [0.25, 0.3) is 0 Å². The Morgan fingerprint density at radius 3 is 2.48 bits per heavy atom. The highest BCUT2D eigenvalue weighted by Crippen LogP contribution is 2.31. The lowest BCUT2D eigenvalue weighted by Gasteiger charge is -2.46. The SMILES string of the molecule is CCC1C(Oc2cccc(-c3ccc(F)cc3)c2)CN1C(=O)OC(F)(F)F. The average molecular weight is 383 g/mol. The molecule has 0 bridgehead atoms. The average Bonchev–Trinajstić information content (AvgIpc) is 2.58. The van der Waals surface area contributed by atoms with Gasteiger partial charge in [0.1, 0.15) is 17.7 Å². The van der Waals surface area contributed by atoms with Crippen LogP contribution in [0.15, 0.2) is 48.5 Å². The van der Waals surface area contributed by atoms with E-state index in [2.05, 4.69) is 4.74 Å². The summed E-state index contributed by atoms with van der Waals surface area (Å²) in [6.45, 7) is 1.76. The summed E-state index contributed by atoms with van der Waals surface area (Å²) < 4.78 is 59.0. The summed E-state index contributed by atoms with van der Waals surface area (Å²) in [5, 5.41) is 0. The molecule has 1 amide bonds. The van der Waals surface area contributed by atoms with Gasteiger partial charge in [-0.1, -0.05) is 31.2 Å². The standard InChI is InChI=1S/C19H17F4NO3/c1-2-16-17(11-24(16)18(25)27-19(21,22)23)26-15-5-3-4-13(10-15)12-6-8-14(20)9-7-12/h3-10,16-17H,2,11H2,1H3. The number of hydrogen-bond donors (Lipinski definition) is 0. The highest BCUT2D eigenvalue weighted by atomic mass is 19.4. The van der Waals surface area contributed by atoms with Crippen LogP contribution < -0.4 is 4.74 Å². The molecule has 144 valence electrons. The molecule has 2 unspecified atom stereocenters. The van der Waals surface area contributed by atoms with Crippen molar-refractivity contribution >= 4 is 6.09 Å². The third kappa shape index (κ3) is 4.50. The first kappa shape index (κ1) is 19.0. The predicted octanol–water partition coefficient (Wildman–Crippen LogP) is 4.99. The molecular weight excluding hydrogens is 366 g/mol. The van der Waals surface area contributed by atoms with Crippen LogP contribution in [0.2, 0.25) is 0 Å². The molecule has 2 aromatic rings. The maximum absolute atomic E-state index is 13.1. The van der Waals surface area contributed by atoms with E-state index in [0.29, 0.717) is 12.2 Å². The molecule has 2 atom stereocenters. The molecule has 1 aliphatic rings. The van der Waals surface area contributed by atoms with Crippen LogP contribution in [0.25, 0.3) is 11.1 Å². The lowest BCUT2D eigenvalue weighted by molar-refractivity contribution is -0.297. The van der Waals surface area contributed by atoms with E-state index in [4.69, 9.17) is 4.74 Å². The molecule has 0 aliphatic carbocycles. The first-order valence-corrected chi connectivity index (χ1v) is 8.36. The molecular formula is C19H17F4NO3. The molecule has 0 N–H and O–H groups in total. The van der Waals surface area contributed by atoms with E-state index in [-0.39, 0.29) is 12.4 Å². The highest BCUT2D eigenvalue weighted by Gasteiger charge is 2.46. The van der Waals surface area contributed by atoms with E-state index in [1.165, 1.54) is 12.1 Å². The summed E-state index contributed by atoms with van der Waals surface area (Å²) in [6.07, 6.45) is -6.44. The number of carbonyl (C=O) groups is 1.